The Morgan fingerprint density at radius 2 is 1.56 bits per heavy atom. The number of nitrogens with zero attached hydrogens (tertiary/aromatic N) is 1. The Morgan fingerprint density at radius 1 is 0.824 bits per heavy atom. The third kappa shape index (κ3) is 4.53. The minimum absolute atomic E-state index is 0.0256. The Kier molecular flexibility index (Phi) is 6.41. The van der Waals surface area contributed by atoms with Crippen molar-refractivity contribution in [1.29, 1.82) is 0 Å². The molecule has 4 rings (SSSR count). The molecule has 3 aromatic carbocycles. The van der Waals surface area contributed by atoms with Crippen molar-refractivity contribution in [2.75, 3.05) is 17.3 Å². The van der Waals surface area contributed by atoms with Crippen LogP contribution in [0.1, 0.15) is 30.5 Å². The molecule has 1 heterocycles. The van der Waals surface area contributed by atoms with E-state index in [0.717, 1.165) is 11.1 Å². The van der Waals surface area contributed by atoms with Gasteiger partial charge >= 0.3 is 0 Å². The van der Waals surface area contributed by atoms with Crippen molar-refractivity contribution in [1.82, 2.24) is 0 Å². The van der Waals surface area contributed by atoms with E-state index in [2.05, 4.69) is 5.32 Å². The van der Waals surface area contributed by atoms with Crippen molar-refractivity contribution in [2.45, 2.75) is 33.8 Å². The molecule has 3 aromatic rings. The van der Waals surface area contributed by atoms with E-state index in [1.54, 1.807) is 37.4 Å². The van der Waals surface area contributed by atoms with Crippen LogP contribution in [0.25, 0.3) is 5.57 Å². The number of carbonyl (C=O) groups is 2. The number of amides is 2. The Morgan fingerprint density at radius 3 is 2.21 bits per heavy atom. The average Bonchev–Trinajstić information content (AvgIpc) is 3.05. The highest BCUT2D eigenvalue weighted by Crippen LogP contribution is 2.35. The fourth-order valence-corrected chi connectivity index (χ4v) is 3.84. The van der Waals surface area contributed by atoms with Gasteiger partial charge in [0, 0.05) is 11.8 Å². The normalized spacial score (nSPS) is 13.6. The Labute approximate surface area is 199 Å². The molecule has 1 aliphatic heterocycles. The van der Waals surface area contributed by atoms with E-state index in [0.29, 0.717) is 34.0 Å². The highest BCUT2D eigenvalue weighted by Gasteiger charge is 2.40. The zero-order valence-electron chi connectivity index (χ0n) is 20.0. The van der Waals surface area contributed by atoms with Crippen LogP contribution in [0.2, 0.25) is 0 Å². The second kappa shape index (κ2) is 9.43. The summed E-state index contributed by atoms with van der Waals surface area (Å²) in [5.41, 5.74) is 4.53. The second-order valence-electron chi connectivity index (χ2n) is 8.51. The van der Waals surface area contributed by atoms with E-state index >= 15 is 0 Å². The van der Waals surface area contributed by atoms with Gasteiger partial charge in [0.2, 0.25) is 0 Å². The van der Waals surface area contributed by atoms with E-state index in [1.165, 1.54) is 4.90 Å². The van der Waals surface area contributed by atoms with Crippen LogP contribution in [-0.4, -0.2) is 25.0 Å². The highest BCUT2D eigenvalue weighted by molar-refractivity contribution is 6.46. The van der Waals surface area contributed by atoms with Gasteiger partial charge in [-0.15, -0.1) is 0 Å². The number of methoxy groups -OCH3 is 1. The summed E-state index contributed by atoms with van der Waals surface area (Å²) in [6, 6.07) is 20.0. The maximum atomic E-state index is 13.7. The fourth-order valence-electron chi connectivity index (χ4n) is 3.84. The molecule has 1 aliphatic rings. The molecule has 0 saturated carbocycles. The minimum Gasteiger partial charge on any atom is -0.497 e. The van der Waals surface area contributed by atoms with Crippen molar-refractivity contribution in [3.8, 4) is 11.5 Å². The molecule has 174 valence electrons. The first-order chi connectivity index (χ1) is 16.3. The predicted molar refractivity (Wildman–Crippen MR) is 134 cm³/mol. The van der Waals surface area contributed by atoms with Gasteiger partial charge in [-0.05, 0) is 80.8 Å². The second-order valence-corrected chi connectivity index (χ2v) is 8.51. The maximum Gasteiger partial charge on any atom is 0.282 e. The van der Waals surface area contributed by atoms with Gasteiger partial charge in [-0.1, -0.05) is 24.3 Å². The molecule has 0 aliphatic carbocycles. The first-order valence-electron chi connectivity index (χ1n) is 11.2. The van der Waals surface area contributed by atoms with E-state index in [1.807, 2.05) is 64.1 Å². The van der Waals surface area contributed by atoms with Gasteiger partial charge in [0.1, 0.15) is 17.2 Å². The van der Waals surface area contributed by atoms with Crippen LogP contribution in [0.15, 0.2) is 72.4 Å². The lowest BCUT2D eigenvalue weighted by Crippen LogP contribution is -2.32. The molecule has 6 nitrogen and oxygen atoms in total. The van der Waals surface area contributed by atoms with Gasteiger partial charge in [0.15, 0.2) is 0 Å². The van der Waals surface area contributed by atoms with Gasteiger partial charge in [-0.3, -0.25) is 9.59 Å². The molecule has 0 fully saturated rings. The summed E-state index contributed by atoms with van der Waals surface area (Å²) in [5.74, 6) is 0.525. The largest absolute Gasteiger partial charge is 0.497 e. The molecular weight excluding hydrogens is 428 g/mol. The lowest BCUT2D eigenvalue weighted by atomic mass is 9.99. The average molecular weight is 457 g/mol. The van der Waals surface area contributed by atoms with E-state index in [-0.39, 0.29) is 17.7 Å². The number of hydrogen-bond acceptors (Lipinski definition) is 5. The SMILES string of the molecule is COc1cccc(NC2=C(c3ccc(C)c(C)c3)C(=O)N(c3ccc(OC(C)C)cc3)C2=O)c1. The number of ether oxygens (including phenoxy) is 2. The highest BCUT2D eigenvalue weighted by atomic mass is 16.5. The molecule has 0 spiro atoms. The summed E-state index contributed by atoms with van der Waals surface area (Å²) in [5, 5.41) is 3.18. The molecule has 0 radical (unpaired) electrons. The Bertz CT molecular complexity index is 1280. The van der Waals surface area contributed by atoms with Crippen LogP contribution in [0.5, 0.6) is 11.5 Å². The summed E-state index contributed by atoms with van der Waals surface area (Å²) in [6.45, 7) is 7.88. The van der Waals surface area contributed by atoms with Crippen LogP contribution in [-0.2, 0) is 9.59 Å². The summed E-state index contributed by atoms with van der Waals surface area (Å²) < 4.78 is 11.0. The molecule has 6 heteroatoms. The number of nitrogens with one attached hydrogen (secondary N) is 1. The Balaban J connectivity index is 1.77. The molecule has 1 N–H and O–H groups in total. The summed E-state index contributed by atoms with van der Waals surface area (Å²) in [4.78, 5) is 28.4. The van der Waals surface area contributed by atoms with Gasteiger partial charge in [-0.25, -0.2) is 4.90 Å². The predicted octanol–water partition coefficient (Wildman–Crippen LogP) is 5.50. The number of benzene rings is 3. The van der Waals surface area contributed by atoms with Crippen LogP contribution in [0.4, 0.5) is 11.4 Å². The van der Waals surface area contributed by atoms with Crippen LogP contribution < -0.4 is 19.7 Å². The maximum absolute atomic E-state index is 13.7. The third-order valence-corrected chi connectivity index (χ3v) is 5.69. The first-order valence-corrected chi connectivity index (χ1v) is 11.2. The van der Waals surface area contributed by atoms with Gasteiger partial charge < -0.3 is 14.8 Å². The minimum atomic E-state index is -0.418. The topological polar surface area (TPSA) is 67.9 Å². The summed E-state index contributed by atoms with van der Waals surface area (Å²) >= 11 is 0. The van der Waals surface area contributed by atoms with E-state index in [9.17, 15) is 9.59 Å². The van der Waals surface area contributed by atoms with Gasteiger partial charge in [0.05, 0.1) is 24.5 Å². The number of imide groups is 1. The molecule has 2 amide bonds. The summed E-state index contributed by atoms with van der Waals surface area (Å²) in [6.07, 6.45) is 0.0256. The molecule has 0 saturated heterocycles. The lowest BCUT2D eigenvalue weighted by Gasteiger charge is -2.17. The van der Waals surface area contributed by atoms with Crippen LogP contribution in [0.3, 0.4) is 0 Å². The molecule has 0 aromatic heterocycles. The lowest BCUT2D eigenvalue weighted by molar-refractivity contribution is -0.120. The van der Waals surface area contributed by atoms with Gasteiger partial charge in [0.25, 0.3) is 11.8 Å². The smallest absolute Gasteiger partial charge is 0.282 e. The molecule has 0 unspecified atom stereocenters. The summed E-state index contributed by atoms with van der Waals surface area (Å²) in [7, 11) is 1.58. The Hall–Kier alpha value is -4.06. The molecular formula is C28H28N2O4. The van der Waals surface area contributed by atoms with Gasteiger partial charge in [-0.2, -0.15) is 0 Å². The molecule has 34 heavy (non-hydrogen) atoms. The van der Waals surface area contributed by atoms with Crippen molar-refractivity contribution in [3.63, 3.8) is 0 Å². The van der Waals surface area contributed by atoms with Crippen LogP contribution in [0, 0.1) is 13.8 Å². The van der Waals surface area contributed by atoms with Crippen LogP contribution >= 0.6 is 0 Å². The quantitative estimate of drug-likeness (QED) is 0.476. The number of anilines is 2. The number of carbonyl (C=O) groups excluding carboxylic acids is 2. The third-order valence-electron chi connectivity index (χ3n) is 5.69. The van der Waals surface area contributed by atoms with Crippen molar-refractivity contribution in [3.05, 3.63) is 89.1 Å². The zero-order chi connectivity index (χ0) is 24.4. The fraction of sp³-hybridized carbons (Fsp3) is 0.214. The van der Waals surface area contributed by atoms with Crippen molar-refractivity contribution in [2.24, 2.45) is 0 Å². The monoisotopic (exact) mass is 456 g/mol. The van der Waals surface area contributed by atoms with E-state index < -0.39 is 5.91 Å². The van der Waals surface area contributed by atoms with E-state index in [4.69, 9.17) is 9.47 Å². The number of aryl methyl sites for hydroxylation is 2. The van der Waals surface area contributed by atoms with Crippen molar-refractivity contribution >= 4 is 28.8 Å². The first kappa shape index (κ1) is 23.1. The number of rotatable bonds is 7. The van der Waals surface area contributed by atoms with Crippen molar-refractivity contribution < 1.29 is 19.1 Å². The standard InChI is InChI=1S/C28H28N2O4/c1-17(2)34-23-13-11-22(12-14-23)30-27(31)25(20-10-9-18(3)19(4)15-20)26(28(30)32)29-21-7-6-8-24(16-21)33-5/h6-17,29H,1-5H3. The zero-order valence-corrected chi connectivity index (χ0v) is 20.0. The molecule has 0 bridgehead atoms. The number of hydrogen-bond donors (Lipinski definition) is 1. The molecule has 0 atom stereocenters.